The van der Waals surface area contributed by atoms with Crippen molar-refractivity contribution >= 4 is 11.0 Å². The summed E-state index contributed by atoms with van der Waals surface area (Å²) in [4.78, 5) is 0. The summed E-state index contributed by atoms with van der Waals surface area (Å²) >= 11 is 0. The number of nitrogens with zero attached hydrogens (tertiary/aromatic N) is 4. The number of hydrogen-bond acceptors (Lipinski definition) is 5. The second-order valence-electron chi connectivity index (χ2n) is 4.29. The van der Waals surface area contributed by atoms with Gasteiger partial charge in [0.2, 0.25) is 0 Å². The molecule has 1 atom stereocenters. The number of fused-ring (bicyclic) bond motifs is 2. The van der Waals surface area contributed by atoms with Crippen LogP contribution in [-0.2, 0) is 6.54 Å². The topological polar surface area (TPSA) is 73.0 Å². The van der Waals surface area contributed by atoms with Crippen molar-refractivity contribution in [2.75, 3.05) is 13.2 Å². The summed E-state index contributed by atoms with van der Waals surface area (Å²) in [5.41, 5.74) is 1.62. The van der Waals surface area contributed by atoms with E-state index in [0.29, 0.717) is 31.3 Å². The molecule has 0 saturated carbocycles. The van der Waals surface area contributed by atoms with E-state index in [-0.39, 0.29) is 5.92 Å². The molecule has 1 aliphatic heterocycles. The van der Waals surface area contributed by atoms with Gasteiger partial charge in [-0.1, -0.05) is 5.21 Å². The van der Waals surface area contributed by atoms with E-state index in [1.807, 2.05) is 19.1 Å². The third kappa shape index (κ3) is 1.74. The monoisotopic (exact) mass is 244 g/mol. The fourth-order valence-electron chi connectivity index (χ4n) is 1.94. The van der Waals surface area contributed by atoms with Crippen LogP contribution in [0.2, 0.25) is 0 Å². The minimum atomic E-state index is -0.108. The van der Waals surface area contributed by atoms with Gasteiger partial charge < -0.3 is 9.47 Å². The molecule has 6 heteroatoms. The SMILES string of the molecule is CC(C#N)Cn1nnc2cc3c(cc21)OCCO3. The maximum atomic E-state index is 8.84. The lowest BCUT2D eigenvalue weighted by atomic mass is 10.2. The standard InChI is InChI=1S/C12H12N4O2/c1-8(6-13)7-16-10-5-12-11(17-2-3-18-12)4-9(10)14-15-16/h4-5,8H,2-3,7H2,1H3. The smallest absolute Gasteiger partial charge is 0.163 e. The zero-order valence-electron chi connectivity index (χ0n) is 9.96. The van der Waals surface area contributed by atoms with E-state index in [9.17, 15) is 0 Å². The summed E-state index contributed by atoms with van der Waals surface area (Å²) < 4.78 is 12.7. The van der Waals surface area contributed by atoms with Crippen LogP contribution < -0.4 is 9.47 Å². The summed E-state index contributed by atoms with van der Waals surface area (Å²) in [6.07, 6.45) is 0. The first kappa shape index (κ1) is 10.8. The van der Waals surface area contributed by atoms with E-state index in [1.165, 1.54) is 0 Å². The third-order valence-corrected chi connectivity index (χ3v) is 2.85. The predicted octanol–water partition coefficient (Wildman–Crippen LogP) is 1.36. The van der Waals surface area contributed by atoms with Crippen molar-refractivity contribution in [1.82, 2.24) is 15.0 Å². The minimum absolute atomic E-state index is 0.108. The van der Waals surface area contributed by atoms with E-state index >= 15 is 0 Å². The Balaban J connectivity index is 2.05. The molecule has 0 fully saturated rings. The van der Waals surface area contributed by atoms with E-state index in [0.717, 1.165) is 11.0 Å². The molecule has 0 amide bonds. The van der Waals surface area contributed by atoms with E-state index in [1.54, 1.807) is 4.68 Å². The van der Waals surface area contributed by atoms with E-state index in [4.69, 9.17) is 14.7 Å². The van der Waals surface area contributed by atoms with Gasteiger partial charge in [-0.15, -0.1) is 5.10 Å². The number of rotatable bonds is 2. The highest BCUT2D eigenvalue weighted by molar-refractivity contribution is 5.79. The molecule has 0 N–H and O–H groups in total. The number of hydrogen-bond donors (Lipinski definition) is 0. The Bertz CT molecular complexity index is 629. The van der Waals surface area contributed by atoms with Crippen LogP contribution in [0, 0.1) is 17.2 Å². The van der Waals surface area contributed by atoms with Crippen molar-refractivity contribution in [1.29, 1.82) is 5.26 Å². The quantitative estimate of drug-likeness (QED) is 0.797. The van der Waals surface area contributed by atoms with Crippen LogP contribution in [0.4, 0.5) is 0 Å². The van der Waals surface area contributed by atoms with Crippen molar-refractivity contribution in [3.63, 3.8) is 0 Å². The van der Waals surface area contributed by atoms with Crippen LogP contribution in [0.5, 0.6) is 11.5 Å². The molecule has 1 unspecified atom stereocenters. The fraction of sp³-hybridized carbons (Fsp3) is 0.417. The molecule has 92 valence electrons. The van der Waals surface area contributed by atoms with Crippen molar-refractivity contribution < 1.29 is 9.47 Å². The zero-order chi connectivity index (χ0) is 12.5. The zero-order valence-corrected chi connectivity index (χ0v) is 9.96. The van der Waals surface area contributed by atoms with Crippen molar-refractivity contribution in [2.24, 2.45) is 5.92 Å². The van der Waals surface area contributed by atoms with Gasteiger partial charge in [0.1, 0.15) is 18.7 Å². The largest absolute Gasteiger partial charge is 0.486 e. The van der Waals surface area contributed by atoms with Crippen molar-refractivity contribution in [2.45, 2.75) is 13.5 Å². The Kier molecular flexibility index (Phi) is 2.52. The molecule has 18 heavy (non-hydrogen) atoms. The van der Waals surface area contributed by atoms with Crippen LogP contribution in [0.3, 0.4) is 0 Å². The Morgan fingerprint density at radius 3 is 2.83 bits per heavy atom. The van der Waals surface area contributed by atoms with Gasteiger partial charge in [0.25, 0.3) is 0 Å². The molecular weight excluding hydrogens is 232 g/mol. The van der Waals surface area contributed by atoms with Gasteiger partial charge in [-0.3, -0.25) is 0 Å². The first-order valence-electron chi connectivity index (χ1n) is 5.80. The number of ether oxygens (including phenoxy) is 2. The Morgan fingerprint density at radius 2 is 2.11 bits per heavy atom. The molecule has 1 aliphatic rings. The van der Waals surface area contributed by atoms with Crippen LogP contribution in [0.15, 0.2) is 12.1 Å². The first-order valence-corrected chi connectivity index (χ1v) is 5.80. The molecule has 0 spiro atoms. The third-order valence-electron chi connectivity index (χ3n) is 2.85. The summed E-state index contributed by atoms with van der Waals surface area (Å²) in [5.74, 6) is 1.30. The summed E-state index contributed by atoms with van der Waals surface area (Å²) in [6, 6.07) is 5.88. The molecule has 0 saturated heterocycles. The molecule has 2 heterocycles. The van der Waals surface area contributed by atoms with Gasteiger partial charge in [0, 0.05) is 12.1 Å². The number of aromatic nitrogens is 3. The van der Waals surface area contributed by atoms with E-state index < -0.39 is 0 Å². The molecule has 0 aliphatic carbocycles. The first-order chi connectivity index (χ1) is 8.78. The maximum absolute atomic E-state index is 8.84. The highest BCUT2D eigenvalue weighted by atomic mass is 16.6. The molecule has 6 nitrogen and oxygen atoms in total. The highest BCUT2D eigenvalue weighted by Gasteiger charge is 2.16. The minimum Gasteiger partial charge on any atom is -0.486 e. The second-order valence-corrected chi connectivity index (χ2v) is 4.29. The van der Waals surface area contributed by atoms with Gasteiger partial charge in [-0.05, 0) is 6.92 Å². The van der Waals surface area contributed by atoms with Crippen LogP contribution in [0.1, 0.15) is 6.92 Å². The summed E-state index contributed by atoms with van der Waals surface area (Å²) in [7, 11) is 0. The molecular formula is C12H12N4O2. The van der Waals surface area contributed by atoms with Gasteiger partial charge in [0.05, 0.1) is 24.0 Å². The van der Waals surface area contributed by atoms with Gasteiger partial charge in [0.15, 0.2) is 11.5 Å². The van der Waals surface area contributed by atoms with Gasteiger partial charge in [-0.2, -0.15) is 5.26 Å². The second kappa shape index (κ2) is 4.18. The molecule has 0 bridgehead atoms. The van der Waals surface area contributed by atoms with Crippen molar-refractivity contribution in [3.05, 3.63) is 12.1 Å². The van der Waals surface area contributed by atoms with Gasteiger partial charge in [-0.25, -0.2) is 4.68 Å². The number of benzene rings is 1. The predicted molar refractivity (Wildman–Crippen MR) is 63.3 cm³/mol. The number of nitriles is 1. The lowest BCUT2D eigenvalue weighted by Crippen LogP contribution is -2.15. The lowest BCUT2D eigenvalue weighted by molar-refractivity contribution is 0.172. The summed E-state index contributed by atoms with van der Waals surface area (Å²) in [5, 5.41) is 17.0. The van der Waals surface area contributed by atoms with Crippen LogP contribution >= 0.6 is 0 Å². The Labute approximate surface area is 104 Å². The maximum Gasteiger partial charge on any atom is 0.163 e. The molecule has 3 rings (SSSR count). The Hall–Kier alpha value is -2.29. The normalized spacial score (nSPS) is 15.3. The molecule has 1 aromatic heterocycles. The average Bonchev–Trinajstić information content (AvgIpc) is 2.78. The Morgan fingerprint density at radius 1 is 1.39 bits per heavy atom. The average molecular weight is 244 g/mol. The van der Waals surface area contributed by atoms with Crippen LogP contribution in [-0.4, -0.2) is 28.2 Å². The molecule has 0 radical (unpaired) electrons. The molecule has 2 aromatic rings. The highest BCUT2D eigenvalue weighted by Crippen LogP contribution is 2.33. The van der Waals surface area contributed by atoms with Crippen molar-refractivity contribution in [3.8, 4) is 17.6 Å². The summed E-state index contributed by atoms with van der Waals surface area (Å²) in [6.45, 7) is 3.48. The van der Waals surface area contributed by atoms with Gasteiger partial charge >= 0.3 is 0 Å². The molecule has 1 aromatic carbocycles. The lowest BCUT2D eigenvalue weighted by Gasteiger charge is -2.18. The van der Waals surface area contributed by atoms with Crippen LogP contribution in [0.25, 0.3) is 11.0 Å². The fourth-order valence-corrected chi connectivity index (χ4v) is 1.94. The van der Waals surface area contributed by atoms with E-state index in [2.05, 4.69) is 16.4 Å².